The highest BCUT2D eigenvalue weighted by atomic mass is 19.2. The van der Waals surface area contributed by atoms with Crippen LogP contribution in [0.4, 0.5) is 31.9 Å². The van der Waals surface area contributed by atoms with Crippen LogP contribution >= 0.6 is 0 Å². The first-order valence-electron chi connectivity index (χ1n) is 9.47. The number of halogens is 2. The van der Waals surface area contributed by atoms with E-state index in [2.05, 4.69) is 20.8 Å². The molecule has 2 aromatic carbocycles. The Labute approximate surface area is 179 Å². The monoisotopic (exact) mass is 445 g/mol. The zero-order valence-electron chi connectivity index (χ0n) is 16.5. The third-order valence-electron chi connectivity index (χ3n) is 4.63. The number of morpholine rings is 1. The molecule has 0 radical (unpaired) electrons. The van der Waals surface area contributed by atoms with Crippen LogP contribution in [0.25, 0.3) is 0 Å². The first-order chi connectivity index (χ1) is 15.4. The third-order valence-corrected chi connectivity index (χ3v) is 4.63. The Morgan fingerprint density at radius 2 is 1.75 bits per heavy atom. The maximum absolute atomic E-state index is 13.3. The van der Waals surface area contributed by atoms with Crippen molar-refractivity contribution < 1.29 is 32.6 Å². The molecule has 1 amide bonds. The van der Waals surface area contributed by atoms with Gasteiger partial charge in [-0.05, 0) is 30.3 Å². The lowest BCUT2D eigenvalue weighted by molar-refractivity contribution is 0.0696. The van der Waals surface area contributed by atoms with Gasteiger partial charge in [0.1, 0.15) is 0 Å². The van der Waals surface area contributed by atoms with Crippen LogP contribution in [-0.2, 0) is 4.74 Å². The Balaban J connectivity index is 1.47. The molecule has 0 atom stereocenters. The Morgan fingerprint density at radius 1 is 1.00 bits per heavy atom. The number of hydrogen-bond acceptors (Lipinski definition) is 8. The number of carbonyl (C=O) groups is 2. The van der Waals surface area contributed by atoms with E-state index in [1.54, 1.807) is 12.1 Å². The minimum atomic E-state index is -1.14. The summed E-state index contributed by atoms with van der Waals surface area (Å²) in [7, 11) is 0. The molecule has 1 aromatic heterocycles. The minimum Gasteiger partial charge on any atom is -0.478 e. The topological polar surface area (TPSA) is 130 Å². The van der Waals surface area contributed by atoms with E-state index in [0.29, 0.717) is 32.0 Å². The molecule has 1 saturated heterocycles. The van der Waals surface area contributed by atoms with E-state index in [-0.39, 0.29) is 23.0 Å². The summed E-state index contributed by atoms with van der Waals surface area (Å²) in [6.07, 6.45) is 0. The summed E-state index contributed by atoms with van der Waals surface area (Å²) in [4.78, 5) is 26.0. The van der Waals surface area contributed by atoms with Crippen molar-refractivity contribution in [2.45, 2.75) is 0 Å². The maximum Gasteiger partial charge on any atom is 0.337 e. The quantitative estimate of drug-likeness (QED) is 0.524. The number of nitrogens with zero attached hydrogens (tertiary/aromatic N) is 3. The van der Waals surface area contributed by atoms with Gasteiger partial charge in [-0.2, -0.15) is 0 Å². The van der Waals surface area contributed by atoms with Crippen LogP contribution in [0.15, 0.2) is 40.8 Å². The van der Waals surface area contributed by atoms with Gasteiger partial charge in [0.15, 0.2) is 11.6 Å². The fraction of sp³-hybridized carbons (Fsp3) is 0.200. The summed E-state index contributed by atoms with van der Waals surface area (Å²) in [5, 5.41) is 21.9. The number of carboxylic acid groups (broad SMARTS) is 1. The number of aromatic nitrogens is 2. The second-order valence-electron chi connectivity index (χ2n) is 6.76. The molecule has 0 saturated carbocycles. The number of aromatic carboxylic acids is 1. The van der Waals surface area contributed by atoms with Crippen molar-refractivity contribution in [2.75, 3.05) is 41.8 Å². The van der Waals surface area contributed by atoms with Gasteiger partial charge in [-0.1, -0.05) is 5.10 Å². The zero-order valence-corrected chi connectivity index (χ0v) is 16.5. The molecule has 1 fully saturated rings. The number of carbonyl (C=O) groups excluding carboxylic acids is 1. The zero-order chi connectivity index (χ0) is 22.7. The van der Waals surface area contributed by atoms with Crippen LogP contribution in [0.5, 0.6) is 0 Å². The Hall–Kier alpha value is -4.06. The van der Waals surface area contributed by atoms with E-state index >= 15 is 0 Å². The second kappa shape index (κ2) is 8.98. The Kier molecular flexibility index (Phi) is 5.94. The van der Waals surface area contributed by atoms with Gasteiger partial charge in [0.2, 0.25) is 0 Å². The molecule has 166 valence electrons. The number of ether oxygens (including phenoxy) is 1. The highest BCUT2D eigenvalue weighted by Crippen LogP contribution is 2.26. The summed E-state index contributed by atoms with van der Waals surface area (Å²) in [6.45, 7) is 2.11. The minimum absolute atomic E-state index is 0.0240. The van der Waals surface area contributed by atoms with E-state index in [1.807, 2.05) is 4.90 Å². The van der Waals surface area contributed by atoms with Crippen LogP contribution in [-0.4, -0.2) is 53.5 Å². The Bertz CT molecular complexity index is 1160. The van der Waals surface area contributed by atoms with E-state index in [1.165, 1.54) is 12.1 Å². The van der Waals surface area contributed by atoms with Gasteiger partial charge in [0.25, 0.3) is 0 Å². The van der Waals surface area contributed by atoms with E-state index in [9.17, 15) is 23.5 Å². The van der Waals surface area contributed by atoms with Crippen LogP contribution in [0.2, 0.25) is 0 Å². The van der Waals surface area contributed by atoms with Crippen LogP contribution in [0.1, 0.15) is 21.0 Å². The van der Waals surface area contributed by atoms with Crippen LogP contribution in [0.3, 0.4) is 0 Å². The predicted molar refractivity (Wildman–Crippen MR) is 108 cm³/mol. The molecule has 10 nitrogen and oxygen atoms in total. The molecule has 3 aromatic rings. The number of nitrogens with one attached hydrogen (secondary N) is 2. The lowest BCUT2D eigenvalue weighted by Crippen LogP contribution is -2.37. The van der Waals surface area contributed by atoms with Gasteiger partial charge in [-0.3, -0.25) is 4.79 Å². The van der Waals surface area contributed by atoms with Gasteiger partial charge in [-0.15, -0.1) is 5.10 Å². The van der Waals surface area contributed by atoms with Gasteiger partial charge >= 0.3 is 23.8 Å². The molecule has 2 heterocycles. The summed E-state index contributed by atoms with van der Waals surface area (Å²) in [6, 6.07) is 7.36. The van der Waals surface area contributed by atoms with E-state index < -0.39 is 29.4 Å². The van der Waals surface area contributed by atoms with Gasteiger partial charge in [0.05, 0.1) is 24.5 Å². The highest BCUT2D eigenvalue weighted by Gasteiger charge is 2.21. The summed E-state index contributed by atoms with van der Waals surface area (Å²) < 4.78 is 36.8. The maximum atomic E-state index is 13.3. The molecule has 12 heteroatoms. The number of amides is 1. The number of rotatable bonds is 6. The smallest absolute Gasteiger partial charge is 0.337 e. The first-order valence-corrected chi connectivity index (χ1v) is 9.47. The molecule has 0 bridgehead atoms. The van der Waals surface area contributed by atoms with Crippen molar-refractivity contribution in [3.8, 4) is 0 Å². The third kappa shape index (κ3) is 4.64. The highest BCUT2D eigenvalue weighted by molar-refractivity contribution is 6.03. The van der Waals surface area contributed by atoms with Crippen molar-refractivity contribution in [3.63, 3.8) is 0 Å². The van der Waals surface area contributed by atoms with E-state index in [0.717, 1.165) is 12.1 Å². The van der Waals surface area contributed by atoms with Crippen molar-refractivity contribution in [1.82, 2.24) is 10.2 Å². The predicted octanol–water partition coefficient (Wildman–Crippen LogP) is 2.88. The van der Waals surface area contributed by atoms with Crippen molar-refractivity contribution in [2.24, 2.45) is 0 Å². The molecule has 4 rings (SSSR count). The molecule has 0 aliphatic carbocycles. The van der Waals surface area contributed by atoms with E-state index in [4.69, 9.17) is 9.15 Å². The second-order valence-corrected chi connectivity index (χ2v) is 6.76. The summed E-state index contributed by atoms with van der Waals surface area (Å²) >= 11 is 0. The van der Waals surface area contributed by atoms with Gasteiger partial charge in [0, 0.05) is 30.5 Å². The number of carboxylic acids is 1. The standard InChI is InChI=1S/C20H17F2N5O5/c21-14-3-1-12(10-15(14)22)24-20-26-25-18(32-20)17(28)23-11-2-4-16(13(9-11)19(29)30)27-5-7-31-8-6-27/h1-4,9-10H,5-8H2,(H,23,28)(H,24,26)(H,29,30). The molecule has 1 aliphatic rings. The normalized spacial score (nSPS) is 13.6. The van der Waals surface area contributed by atoms with Gasteiger partial charge < -0.3 is 29.8 Å². The number of anilines is 4. The fourth-order valence-electron chi connectivity index (χ4n) is 3.11. The molecule has 0 spiro atoms. The van der Waals surface area contributed by atoms with Crippen molar-refractivity contribution >= 4 is 35.0 Å². The average molecular weight is 445 g/mol. The molecular weight excluding hydrogens is 428 g/mol. The average Bonchev–Trinajstić information content (AvgIpc) is 3.25. The largest absolute Gasteiger partial charge is 0.478 e. The Morgan fingerprint density at radius 3 is 2.47 bits per heavy atom. The lowest BCUT2D eigenvalue weighted by Gasteiger charge is -2.30. The van der Waals surface area contributed by atoms with Crippen LogP contribution < -0.4 is 15.5 Å². The fourth-order valence-corrected chi connectivity index (χ4v) is 3.11. The van der Waals surface area contributed by atoms with Crippen molar-refractivity contribution in [3.05, 3.63) is 59.5 Å². The van der Waals surface area contributed by atoms with Crippen molar-refractivity contribution in [1.29, 1.82) is 0 Å². The first kappa shape index (κ1) is 21.2. The molecular formula is C20H17F2N5O5. The molecule has 1 aliphatic heterocycles. The van der Waals surface area contributed by atoms with Gasteiger partial charge in [-0.25, -0.2) is 13.6 Å². The molecule has 32 heavy (non-hydrogen) atoms. The van der Waals surface area contributed by atoms with Crippen LogP contribution in [0, 0.1) is 11.6 Å². The molecule has 0 unspecified atom stereocenters. The summed E-state index contributed by atoms with van der Waals surface area (Å²) in [5.74, 6) is -4.40. The number of hydrogen-bond donors (Lipinski definition) is 3. The SMILES string of the molecule is O=C(Nc1ccc(N2CCOCC2)c(C(=O)O)c1)c1nnc(Nc2ccc(F)c(F)c2)o1. The lowest BCUT2D eigenvalue weighted by atomic mass is 10.1. The molecule has 3 N–H and O–H groups in total. The number of benzene rings is 2. The summed E-state index contributed by atoms with van der Waals surface area (Å²) in [5.41, 5.74) is 0.910.